The molecule has 0 unspecified atom stereocenters. The molecule has 0 fully saturated rings. The second-order valence-corrected chi connectivity index (χ2v) is 10.2. The Bertz CT molecular complexity index is 877. The van der Waals surface area contributed by atoms with Crippen LogP contribution in [0.2, 0.25) is 0 Å². The van der Waals surface area contributed by atoms with Crippen molar-refractivity contribution in [1.82, 2.24) is 0 Å². The highest BCUT2D eigenvalue weighted by Gasteiger charge is 2.26. The number of rotatable bonds is 4. The Morgan fingerprint density at radius 3 is 1.26 bits per heavy atom. The molecule has 0 N–H and O–H groups in total. The van der Waals surface area contributed by atoms with Crippen LogP contribution in [0.25, 0.3) is 0 Å². The molecule has 0 bridgehead atoms. The fourth-order valence-electron chi connectivity index (χ4n) is 2.16. The summed E-state index contributed by atoms with van der Waals surface area (Å²) in [5.41, 5.74) is 3.55. The Balaban J connectivity index is 2.42. The lowest BCUT2D eigenvalue weighted by Gasteiger charge is -2.09. The number of aryl methyl sites for hydroxylation is 4. The van der Waals surface area contributed by atoms with Gasteiger partial charge in [-0.3, -0.25) is 0 Å². The third-order valence-electron chi connectivity index (χ3n) is 3.99. The predicted octanol–water partition coefficient (Wildman–Crippen LogP) is 3.13. The van der Waals surface area contributed by atoms with Crippen LogP contribution in [0.1, 0.15) is 22.3 Å². The zero-order valence-electron chi connectivity index (χ0n) is 13.6. The smallest absolute Gasteiger partial charge is 0.193 e. The fraction of sp³-hybridized carbons (Fsp3) is 0.294. The number of benzene rings is 2. The average molecular weight is 352 g/mol. The Labute approximate surface area is 138 Å². The molecule has 0 aliphatic rings. The summed E-state index contributed by atoms with van der Waals surface area (Å²) in [5.74, 6) is 0. The summed E-state index contributed by atoms with van der Waals surface area (Å²) in [6, 6.07) is 9.30. The maximum absolute atomic E-state index is 12.5. The average Bonchev–Trinajstić information content (AvgIpc) is 2.43. The molecule has 0 radical (unpaired) electrons. The van der Waals surface area contributed by atoms with Gasteiger partial charge < -0.3 is 0 Å². The second-order valence-electron chi connectivity index (χ2n) is 5.84. The van der Waals surface area contributed by atoms with Crippen molar-refractivity contribution in [3.05, 3.63) is 58.7 Å². The van der Waals surface area contributed by atoms with Crippen LogP contribution in [-0.2, 0) is 19.7 Å². The molecule has 0 saturated heterocycles. The van der Waals surface area contributed by atoms with Crippen molar-refractivity contribution in [2.24, 2.45) is 0 Å². The molecular formula is C17H20O4S2. The van der Waals surface area contributed by atoms with Gasteiger partial charge in [-0.25, -0.2) is 16.8 Å². The molecular weight excluding hydrogens is 332 g/mol. The van der Waals surface area contributed by atoms with E-state index < -0.39 is 24.8 Å². The van der Waals surface area contributed by atoms with Crippen LogP contribution in [0, 0.1) is 27.7 Å². The first-order chi connectivity index (χ1) is 10.5. The first kappa shape index (κ1) is 17.7. The molecule has 0 aliphatic carbocycles. The fourth-order valence-corrected chi connectivity index (χ4v) is 6.14. The standard InChI is InChI=1S/C17H20O4S2/c1-12-5-7-16(9-14(12)3)22(18,19)11-23(20,21)17-8-6-13(2)15(4)10-17/h5-10H,11H2,1-4H3. The highest BCUT2D eigenvalue weighted by Crippen LogP contribution is 2.22. The lowest BCUT2D eigenvalue weighted by molar-refractivity contribution is 0.588. The quantitative estimate of drug-likeness (QED) is 0.848. The Kier molecular flexibility index (Phi) is 4.69. The lowest BCUT2D eigenvalue weighted by Crippen LogP contribution is -2.17. The van der Waals surface area contributed by atoms with E-state index in [1.807, 2.05) is 13.8 Å². The molecule has 2 aromatic rings. The van der Waals surface area contributed by atoms with Crippen molar-refractivity contribution >= 4 is 19.7 Å². The third kappa shape index (κ3) is 3.82. The molecule has 124 valence electrons. The molecule has 4 nitrogen and oxygen atoms in total. The Morgan fingerprint density at radius 2 is 0.957 bits per heavy atom. The third-order valence-corrected chi connectivity index (χ3v) is 8.41. The van der Waals surface area contributed by atoms with Crippen LogP contribution < -0.4 is 0 Å². The Hall–Kier alpha value is -1.66. The summed E-state index contributed by atoms with van der Waals surface area (Å²) in [6.45, 7) is 7.34. The number of hydrogen-bond donors (Lipinski definition) is 0. The molecule has 6 heteroatoms. The Morgan fingerprint density at radius 1 is 0.609 bits per heavy atom. The van der Waals surface area contributed by atoms with Gasteiger partial charge in [-0.15, -0.1) is 0 Å². The van der Waals surface area contributed by atoms with Crippen molar-refractivity contribution in [1.29, 1.82) is 0 Å². The SMILES string of the molecule is Cc1ccc(S(=O)(=O)CS(=O)(=O)c2ccc(C)c(C)c2)cc1C. The van der Waals surface area contributed by atoms with Crippen LogP contribution >= 0.6 is 0 Å². The summed E-state index contributed by atoms with van der Waals surface area (Å²) in [4.78, 5) is 0.0704. The van der Waals surface area contributed by atoms with Crippen LogP contribution in [0.4, 0.5) is 0 Å². The highest BCUT2D eigenvalue weighted by atomic mass is 32.3. The van der Waals surface area contributed by atoms with Gasteiger partial charge in [-0.1, -0.05) is 12.1 Å². The molecule has 0 saturated carbocycles. The minimum atomic E-state index is -3.92. The van der Waals surface area contributed by atoms with Crippen molar-refractivity contribution in [3.63, 3.8) is 0 Å². The van der Waals surface area contributed by atoms with Gasteiger partial charge in [0, 0.05) is 0 Å². The van der Waals surface area contributed by atoms with Crippen molar-refractivity contribution in [2.75, 3.05) is 5.08 Å². The van der Waals surface area contributed by atoms with Crippen molar-refractivity contribution in [3.8, 4) is 0 Å². The van der Waals surface area contributed by atoms with E-state index in [9.17, 15) is 16.8 Å². The van der Waals surface area contributed by atoms with E-state index in [-0.39, 0.29) is 9.79 Å². The van der Waals surface area contributed by atoms with E-state index in [2.05, 4.69) is 0 Å². The molecule has 2 rings (SSSR count). The van der Waals surface area contributed by atoms with Crippen molar-refractivity contribution < 1.29 is 16.8 Å². The van der Waals surface area contributed by atoms with E-state index in [1.54, 1.807) is 26.0 Å². The largest absolute Gasteiger partial charge is 0.223 e. The first-order valence-corrected chi connectivity index (χ1v) is 10.4. The monoisotopic (exact) mass is 352 g/mol. The lowest BCUT2D eigenvalue weighted by atomic mass is 10.1. The topological polar surface area (TPSA) is 68.3 Å². The number of hydrogen-bond acceptors (Lipinski definition) is 4. The van der Waals surface area contributed by atoms with E-state index in [0.717, 1.165) is 22.3 Å². The maximum Gasteiger partial charge on any atom is 0.193 e. The van der Waals surface area contributed by atoms with Crippen molar-refractivity contribution in [2.45, 2.75) is 37.5 Å². The summed E-state index contributed by atoms with van der Waals surface area (Å²) in [7, 11) is -7.83. The number of sulfone groups is 2. The molecule has 0 spiro atoms. The molecule has 0 amide bonds. The zero-order chi connectivity index (χ0) is 17.4. The summed E-state index contributed by atoms with van der Waals surface area (Å²) >= 11 is 0. The molecule has 2 aromatic carbocycles. The minimum absolute atomic E-state index is 0.0352. The van der Waals surface area contributed by atoms with Gasteiger partial charge in [0.2, 0.25) is 0 Å². The molecule has 0 aromatic heterocycles. The molecule has 0 heterocycles. The normalized spacial score (nSPS) is 12.3. The van der Waals surface area contributed by atoms with E-state index >= 15 is 0 Å². The van der Waals surface area contributed by atoms with Gasteiger partial charge in [0.25, 0.3) is 0 Å². The van der Waals surface area contributed by atoms with E-state index in [0.29, 0.717) is 0 Å². The van der Waals surface area contributed by atoms with Crippen LogP contribution in [0.15, 0.2) is 46.2 Å². The molecule has 23 heavy (non-hydrogen) atoms. The maximum atomic E-state index is 12.5. The predicted molar refractivity (Wildman–Crippen MR) is 91.1 cm³/mol. The first-order valence-electron chi connectivity index (χ1n) is 7.13. The van der Waals surface area contributed by atoms with Gasteiger partial charge in [0.1, 0.15) is 0 Å². The van der Waals surface area contributed by atoms with Gasteiger partial charge in [-0.2, -0.15) is 0 Å². The van der Waals surface area contributed by atoms with Crippen LogP contribution in [0.5, 0.6) is 0 Å². The second kappa shape index (κ2) is 6.09. The summed E-state index contributed by atoms with van der Waals surface area (Å²) in [5, 5.41) is -0.926. The van der Waals surface area contributed by atoms with Gasteiger partial charge in [-0.05, 0) is 74.2 Å². The zero-order valence-corrected chi connectivity index (χ0v) is 15.3. The highest BCUT2D eigenvalue weighted by molar-refractivity contribution is 8.08. The van der Waals surface area contributed by atoms with Gasteiger partial charge in [0.05, 0.1) is 9.79 Å². The summed E-state index contributed by atoms with van der Waals surface area (Å²) < 4.78 is 49.8. The van der Waals surface area contributed by atoms with Gasteiger partial charge >= 0.3 is 0 Å². The molecule has 0 aliphatic heterocycles. The molecule has 0 atom stereocenters. The van der Waals surface area contributed by atoms with Crippen LogP contribution in [-0.4, -0.2) is 21.9 Å². The van der Waals surface area contributed by atoms with Gasteiger partial charge in [0.15, 0.2) is 24.8 Å². The summed E-state index contributed by atoms with van der Waals surface area (Å²) in [6.07, 6.45) is 0. The van der Waals surface area contributed by atoms with E-state index in [4.69, 9.17) is 0 Å². The minimum Gasteiger partial charge on any atom is -0.223 e. The van der Waals surface area contributed by atoms with Crippen LogP contribution in [0.3, 0.4) is 0 Å². The van der Waals surface area contributed by atoms with E-state index in [1.165, 1.54) is 24.3 Å².